The van der Waals surface area contributed by atoms with Crippen molar-refractivity contribution in [3.8, 4) is 0 Å². The van der Waals surface area contributed by atoms with Gasteiger partial charge in [0.2, 0.25) is 0 Å². The molecule has 0 spiro atoms. The Hall–Kier alpha value is -2.05. The average Bonchev–Trinajstić information content (AvgIpc) is 2.53. The molecule has 4 nitrogen and oxygen atoms in total. The van der Waals surface area contributed by atoms with Crippen molar-refractivity contribution in [3.63, 3.8) is 0 Å². The van der Waals surface area contributed by atoms with Crippen LogP contribution in [-0.4, -0.2) is 23.9 Å². The monoisotopic (exact) mass is 332 g/mol. The molecule has 0 heterocycles. The first kappa shape index (κ1) is 16.3. The van der Waals surface area contributed by atoms with Crippen molar-refractivity contribution in [2.24, 2.45) is 0 Å². The third-order valence-electron chi connectivity index (χ3n) is 2.71. The van der Waals surface area contributed by atoms with Crippen molar-refractivity contribution in [1.82, 2.24) is 0 Å². The number of esters is 1. The van der Waals surface area contributed by atoms with Gasteiger partial charge in [0.1, 0.15) is 0 Å². The molecule has 0 aromatic heterocycles. The van der Waals surface area contributed by atoms with Gasteiger partial charge in [0.15, 0.2) is 5.11 Å². The molecular weight excluding hydrogens is 316 g/mol. The van der Waals surface area contributed by atoms with Gasteiger partial charge in [0.05, 0.1) is 12.9 Å². The Labute approximate surface area is 139 Å². The minimum absolute atomic E-state index is 0.246. The van der Waals surface area contributed by atoms with Crippen molar-refractivity contribution in [2.75, 3.05) is 23.5 Å². The molecule has 22 heavy (non-hydrogen) atoms. The minimum Gasteiger partial charge on any atom is -0.468 e. The summed E-state index contributed by atoms with van der Waals surface area (Å²) in [5, 5.41) is 6.75. The van der Waals surface area contributed by atoms with Crippen molar-refractivity contribution >= 4 is 46.4 Å². The standard InChI is InChI=1S/C16H16N2O2S2/c1-20-15(19)11-22-14-9-5-8-13(10-14)18-16(21)17-12-6-3-2-4-7-12/h2-10H,11H2,1H3,(H2,17,18,21). The van der Waals surface area contributed by atoms with Gasteiger partial charge in [-0.25, -0.2) is 0 Å². The molecule has 2 aromatic carbocycles. The fourth-order valence-electron chi connectivity index (χ4n) is 1.68. The number of hydrogen-bond donors (Lipinski definition) is 2. The Bertz CT molecular complexity index is 648. The van der Waals surface area contributed by atoms with Crippen LogP contribution in [0.3, 0.4) is 0 Å². The van der Waals surface area contributed by atoms with Crippen LogP contribution in [0.4, 0.5) is 11.4 Å². The first-order valence-corrected chi connectivity index (χ1v) is 7.99. The van der Waals surface area contributed by atoms with Gasteiger partial charge in [-0.15, -0.1) is 11.8 Å². The second kappa shape index (κ2) is 8.41. The van der Waals surface area contributed by atoms with Crippen LogP contribution in [-0.2, 0) is 9.53 Å². The number of ether oxygens (including phenoxy) is 1. The lowest BCUT2D eigenvalue weighted by atomic mass is 10.3. The van der Waals surface area contributed by atoms with E-state index in [1.165, 1.54) is 18.9 Å². The summed E-state index contributed by atoms with van der Waals surface area (Å²) in [7, 11) is 1.38. The van der Waals surface area contributed by atoms with E-state index < -0.39 is 0 Å². The minimum atomic E-state index is -0.246. The Morgan fingerprint density at radius 3 is 2.50 bits per heavy atom. The van der Waals surface area contributed by atoms with Crippen LogP contribution in [0.1, 0.15) is 0 Å². The maximum atomic E-state index is 11.2. The van der Waals surface area contributed by atoms with Gasteiger partial charge in [-0.3, -0.25) is 4.79 Å². The highest BCUT2D eigenvalue weighted by Crippen LogP contribution is 2.22. The predicted octanol–water partition coefficient (Wildman–Crippen LogP) is 3.76. The maximum absolute atomic E-state index is 11.2. The number of methoxy groups -OCH3 is 1. The van der Waals surface area contributed by atoms with Gasteiger partial charge < -0.3 is 15.4 Å². The van der Waals surface area contributed by atoms with Crippen molar-refractivity contribution < 1.29 is 9.53 Å². The number of nitrogens with one attached hydrogen (secondary N) is 2. The van der Waals surface area contributed by atoms with Crippen molar-refractivity contribution in [1.29, 1.82) is 0 Å². The lowest BCUT2D eigenvalue weighted by Crippen LogP contribution is -2.18. The number of carbonyl (C=O) groups is 1. The van der Waals surface area contributed by atoms with Gasteiger partial charge in [-0.05, 0) is 42.5 Å². The van der Waals surface area contributed by atoms with Crippen molar-refractivity contribution in [2.45, 2.75) is 4.90 Å². The molecule has 0 atom stereocenters. The number of rotatable bonds is 5. The molecule has 6 heteroatoms. The quantitative estimate of drug-likeness (QED) is 0.494. The van der Waals surface area contributed by atoms with Gasteiger partial charge in [-0.1, -0.05) is 24.3 Å². The number of thiocarbonyl (C=S) groups is 1. The fraction of sp³-hybridized carbons (Fsp3) is 0.125. The second-order valence-electron chi connectivity index (χ2n) is 4.34. The highest BCUT2D eigenvalue weighted by atomic mass is 32.2. The summed E-state index contributed by atoms with van der Waals surface area (Å²) < 4.78 is 4.63. The number of carbonyl (C=O) groups excluding carboxylic acids is 1. The number of hydrogen-bond acceptors (Lipinski definition) is 4. The Balaban J connectivity index is 1.92. The summed E-state index contributed by atoms with van der Waals surface area (Å²) >= 11 is 6.70. The van der Waals surface area contributed by atoms with E-state index in [0.29, 0.717) is 5.11 Å². The lowest BCUT2D eigenvalue weighted by molar-refractivity contribution is -0.137. The molecule has 0 unspecified atom stereocenters. The molecule has 0 fully saturated rings. The van der Waals surface area contributed by atoms with Crippen LogP contribution < -0.4 is 10.6 Å². The van der Waals surface area contributed by atoms with Crippen LogP contribution in [0, 0.1) is 0 Å². The van der Waals surface area contributed by atoms with Crippen LogP contribution >= 0.6 is 24.0 Å². The molecule has 0 amide bonds. The number of anilines is 2. The third-order valence-corrected chi connectivity index (χ3v) is 3.88. The van der Waals surface area contributed by atoms with Crippen LogP contribution in [0.25, 0.3) is 0 Å². The molecular formula is C16H16N2O2S2. The van der Waals surface area contributed by atoms with Crippen LogP contribution in [0.2, 0.25) is 0 Å². The van der Waals surface area contributed by atoms with E-state index in [4.69, 9.17) is 12.2 Å². The van der Waals surface area contributed by atoms with E-state index in [9.17, 15) is 4.79 Å². The molecule has 0 bridgehead atoms. The highest BCUT2D eigenvalue weighted by Gasteiger charge is 2.04. The van der Waals surface area contributed by atoms with E-state index in [-0.39, 0.29) is 11.7 Å². The summed E-state index contributed by atoms with van der Waals surface area (Å²) in [4.78, 5) is 12.1. The molecule has 0 aliphatic carbocycles. The smallest absolute Gasteiger partial charge is 0.315 e. The summed E-state index contributed by atoms with van der Waals surface area (Å²) in [6.45, 7) is 0. The van der Waals surface area contributed by atoms with Crippen molar-refractivity contribution in [3.05, 3.63) is 54.6 Å². The summed E-state index contributed by atoms with van der Waals surface area (Å²) in [5.74, 6) is 0.0387. The first-order valence-electron chi connectivity index (χ1n) is 6.60. The average molecular weight is 332 g/mol. The zero-order valence-electron chi connectivity index (χ0n) is 12.0. The summed E-state index contributed by atoms with van der Waals surface area (Å²) in [6.07, 6.45) is 0. The fourth-order valence-corrected chi connectivity index (χ4v) is 2.70. The van der Waals surface area contributed by atoms with Gasteiger partial charge in [0.25, 0.3) is 0 Å². The molecule has 114 valence electrons. The number of para-hydroxylation sites is 1. The normalized spacial score (nSPS) is 9.86. The molecule has 0 aliphatic rings. The molecule has 0 saturated heterocycles. The molecule has 2 aromatic rings. The van der Waals surface area contributed by atoms with Gasteiger partial charge >= 0.3 is 5.97 Å². The second-order valence-corrected chi connectivity index (χ2v) is 5.79. The van der Waals surface area contributed by atoms with Gasteiger partial charge in [0, 0.05) is 16.3 Å². The lowest BCUT2D eigenvalue weighted by Gasteiger charge is -2.11. The van der Waals surface area contributed by atoms with E-state index in [2.05, 4.69) is 15.4 Å². The Kier molecular flexibility index (Phi) is 6.24. The largest absolute Gasteiger partial charge is 0.468 e. The summed E-state index contributed by atoms with van der Waals surface area (Å²) in [5.41, 5.74) is 1.79. The maximum Gasteiger partial charge on any atom is 0.315 e. The van der Waals surface area contributed by atoms with Gasteiger partial charge in [-0.2, -0.15) is 0 Å². The zero-order valence-corrected chi connectivity index (χ0v) is 13.7. The Morgan fingerprint density at radius 2 is 1.77 bits per heavy atom. The van der Waals surface area contributed by atoms with Crippen LogP contribution in [0.15, 0.2) is 59.5 Å². The molecule has 0 radical (unpaired) electrons. The summed E-state index contributed by atoms with van der Waals surface area (Å²) in [6, 6.07) is 17.4. The van der Waals surface area contributed by atoms with E-state index >= 15 is 0 Å². The zero-order chi connectivity index (χ0) is 15.8. The predicted molar refractivity (Wildman–Crippen MR) is 95.5 cm³/mol. The number of thioether (sulfide) groups is 1. The Morgan fingerprint density at radius 1 is 1.09 bits per heavy atom. The third kappa shape index (κ3) is 5.38. The molecule has 2 N–H and O–H groups in total. The number of benzene rings is 2. The highest BCUT2D eigenvalue weighted by molar-refractivity contribution is 8.00. The molecule has 2 rings (SSSR count). The molecule has 0 saturated carbocycles. The SMILES string of the molecule is COC(=O)CSc1cccc(NC(=S)Nc2ccccc2)c1. The van der Waals surface area contributed by atoms with E-state index in [1.54, 1.807) is 0 Å². The van der Waals surface area contributed by atoms with E-state index in [1.807, 2.05) is 54.6 Å². The topological polar surface area (TPSA) is 50.4 Å². The van der Waals surface area contributed by atoms with E-state index in [0.717, 1.165) is 16.3 Å². The van der Waals surface area contributed by atoms with Crippen LogP contribution in [0.5, 0.6) is 0 Å². The molecule has 0 aliphatic heterocycles. The first-order chi connectivity index (χ1) is 10.7.